The lowest BCUT2D eigenvalue weighted by molar-refractivity contribution is 0.0691. The van der Waals surface area contributed by atoms with Crippen molar-refractivity contribution in [3.8, 4) is 11.5 Å². The van der Waals surface area contributed by atoms with Gasteiger partial charge in [-0.2, -0.15) is 0 Å². The summed E-state index contributed by atoms with van der Waals surface area (Å²) in [6.45, 7) is 0.204. The highest BCUT2D eigenvalue weighted by atomic mass is 35.5. The lowest BCUT2D eigenvalue weighted by Gasteiger charge is -2.38. The van der Waals surface area contributed by atoms with E-state index in [1.165, 1.54) is 43.4 Å². The van der Waals surface area contributed by atoms with Gasteiger partial charge in [-0.1, -0.05) is 17.7 Å². The summed E-state index contributed by atoms with van der Waals surface area (Å²) >= 11 is 6.38. The molecule has 0 N–H and O–H groups in total. The molecule has 0 bridgehead atoms. The first-order chi connectivity index (χ1) is 15.3. The highest BCUT2D eigenvalue weighted by Gasteiger charge is 2.36. The van der Waals surface area contributed by atoms with E-state index in [1.54, 1.807) is 12.1 Å². The van der Waals surface area contributed by atoms with Crippen LogP contribution in [0.3, 0.4) is 0 Å². The maximum atomic E-state index is 15.0. The van der Waals surface area contributed by atoms with Crippen molar-refractivity contribution in [2.75, 3.05) is 20.8 Å². The summed E-state index contributed by atoms with van der Waals surface area (Å²) in [4.78, 5) is 14.8. The van der Waals surface area contributed by atoms with Gasteiger partial charge in [-0.05, 0) is 60.0 Å². The molecule has 3 aromatic carbocycles. The van der Waals surface area contributed by atoms with Crippen LogP contribution >= 0.6 is 11.6 Å². The van der Waals surface area contributed by atoms with Crippen LogP contribution in [0.25, 0.3) is 0 Å². The van der Waals surface area contributed by atoms with Crippen LogP contribution < -0.4 is 9.47 Å². The molecule has 0 aliphatic carbocycles. The maximum absolute atomic E-state index is 15.0. The van der Waals surface area contributed by atoms with Crippen molar-refractivity contribution in [3.05, 3.63) is 93.3 Å². The van der Waals surface area contributed by atoms with Crippen molar-refractivity contribution in [2.45, 2.75) is 12.5 Å². The van der Waals surface area contributed by atoms with Gasteiger partial charge in [0.05, 0.1) is 20.3 Å². The summed E-state index contributed by atoms with van der Waals surface area (Å²) in [5, 5.41) is 0.140. The van der Waals surface area contributed by atoms with E-state index in [0.717, 1.165) is 17.7 Å². The Kier molecular flexibility index (Phi) is 6.02. The standard InChI is InChI=1S/C24H19ClF3NO3/c1-31-20-11-13-8-9-29(24(30)14-6-7-17(26)19(28)10-14)23(15(13)12-21(20)32-2)22-16(25)4-3-5-18(22)27/h3-7,10-12,23H,8-9H2,1-2H3/t23-/m1/s1. The zero-order chi connectivity index (χ0) is 23.0. The van der Waals surface area contributed by atoms with Gasteiger partial charge in [0, 0.05) is 22.7 Å². The predicted octanol–water partition coefficient (Wildman–Crippen LogP) is 5.56. The Morgan fingerprint density at radius 3 is 2.34 bits per heavy atom. The Bertz CT molecular complexity index is 1180. The van der Waals surface area contributed by atoms with Gasteiger partial charge in [0.1, 0.15) is 5.82 Å². The van der Waals surface area contributed by atoms with Gasteiger partial charge in [0.2, 0.25) is 0 Å². The molecule has 3 aromatic rings. The summed E-state index contributed by atoms with van der Waals surface area (Å²) in [5.74, 6) is -2.45. The Morgan fingerprint density at radius 2 is 1.69 bits per heavy atom. The van der Waals surface area contributed by atoms with Gasteiger partial charge < -0.3 is 14.4 Å². The van der Waals surface area contributed by atoms with Crippen molar-refractivity contribution >= 4 is 17.5 Å². The zero-order valence-electron chi connectivity index (χ0n) is 17.3. The van der Waals surface area contributed by atoms with Crippen LogP contribution in [0.2, 0.25) is 5.02 Å². The highest BCUT2D eigenvalue weighted by Crippen LogP contribution is 2.44. The molecule has 0 unspecified atom stereocenters. The molecule has 8 heteroatoms. The summed E-state index contributed by atoms with van der Waals surface area (Å²) in [5.41, 5.74) is 1.50. The van der Waals surface area contributed by atoms with E-state index in [9.17, 15) is 13.6 Å². The number of ether oxygens (including phenoxy) is 2. The van der Waals surface area contributed by atoms with Gasteiger partial charge in [0.15, 0.2) is 23.1 Å². The first kappa shape index (κ1) is 22.0. The minimum atomic E-state index is -1.14. The molecular formula is C24H19ClF3NO3. The number of fused-ring (bicyclic) bond motifs is 1. The molecule has 0 radical (unpaired) electrons. The van der Waals surface area contributed by atoms with E-state index in [4.69, 9.17) is 21.1 Å². The number of carbonyl (C=O) groups excluding carboxylic acids is 1. The van der Waals surface area contributed by atoms with Crippen LogP contribution in [0, 0.1) is 17.5 Å². The van der Waals surface area contributed by atoms with Crippen LogP contribution in [0.15, 0.2) is 48.5 Å². The van der Waals surface area contributed by atoms with Gasteiger partial charge in [0.25, 0.3) is 5.91 Å². The average Bonchev–Trinajstić information content (AvgIpc) is 2.79. The van der Waals surface area contributed by atoms with Gasteiger partial charge in [-0.25, -0.2) is 13.2 Å². The lowest BCUT2D eigenvalue weighted by Crippen LogP contribution is -2.41. The third kappa shape index (κ3) is 3.77. The predicted molar refractivity (Wildman–Crippen MR) is 114 cm³/mol. The molecule has 0 spiro atoms. The Labute approximate surface area is 188 Å². The molecule has 0 saturated heterocycles. The zero-order valence-corrected chi connectivity index (χ0v) is 18.1. The number of carbonyl (C=O) groups is 1. The number of methoxy groups -OCH3 is 2. The van der Waals surface area contributed by atoms with E-state index in [0.29, 0.717) is 23.5 Å². The number of benzene rings is 3. The third-order valence-electron chi connectivity index (χ3n) is 5.57. The van der Waals surface area contributed by atoms with Crippen molar-refractivity contribution < 1.29 is 27.4 Å². The molecule has 1 aliphatic heterocycles. The molecule has 1 heterocycles. The Morgan fingerprint density at radius 1 is 0.969 bits per heavy atom. The van der Waals surface area contributed by atoms with Crippen molar-refractivity contribution in [1.29, 1.82) is 0 Å². The van der Waals surface area contributed by atoms with E-state index >= 15 is 4.39 Å². The van der Waals surface area contributed by atoms with Crippen LogP contribution in [0.4, 0.5) is 13.2 Å². The maximum Gasteiger partial charge on any atom is 0.254 e. The Balaban J connectivity index is 1.91. The minimum Gasteiger partial charge on any atom is -0.493 e. The molecular weight excluding hydrogens is 443 g/mol. The van der Waals surface area contributed by atoms with E-state index in [1.807, 2.05) is 0 Å². The average molecular weight is 462 g/mol. The topological polar surface area (TPSA) is 38.8 Å². The molecule has 4 rings (SSSR count). The van der Waals surface area contributed by atoms with Gasteiger partial charge in [-0.15, -0.1) is 0 Å². The number of nitrogens with zero attached hydrogens (tertiary/aromatic N) is 1. The molecule has 0 aromatic heterocycles. The van der Waals surface area contributed by atoms with Crippen molar-refractivity contribution in [1.82, 2.24) is 4.90 Å². The molecule has 1 amide bonds. The molecule has 32 heavy (non-hydrogen) atoms. The van der Waals surface area contributed by atoms with Crippen LogP contribution in [-0.4, -0.2) is 31.6 Å². The first-order valence-electron chi connectivity index (χ1n) is 9.80. The van der Waals surface area contributed by atoms with E-state index in [-0.39, 0.29) is 22.7 Å². The lowest BCUT2D eigenvalue weighted by atomic mass is 9.86. The summed E-state index contributed by atoms with van der Waals surface area (Å²) in [6.07, 6.45) is 0.438. The quantitative estimate of drug-likeness (QED) is 0.510. The first-order valence-corrected chi connectivity index (χ1v) is 10.2. The number of hydrogen-bond donors (Lipinski definition) is 0. The summed E-state index contributed by atoms with van der Waals surface area (Å²) in [6, 6.07) is 9.76. The fourth-order valence-corrected chi connectivity index (χ4v) is 4.31. The van der Waals surface area contributed by atoms with E-state index < -0.39 is 29.4 Å². The SMILES string of the molecule is COc1cc2c(cc1OC)[C@H](c1c(F)cccc1Cl)N(C(=O)c1ccc(F)c(F)c1)CC2. The van der Waals surface area contributed by atoms with Crippen molar-refractivity contribution in [3.63, 3.8) is 0 Å². The second-order valence-corrected chi connectivity index (χ2v) is 7.73. The number of rotatable bonds is 4. The van der Waals surface area contributed by atoms with Crippen LogP contribution in [0.5, 0.6) is 11.5 Å². The number of hydrogen-bond acceptors (Lipinski definition) is 3. The molecule has 1 atom stereocenters. The fraction of sp³-hybridized carbons (Fsp3) is 0.208. The number of amides is 1. The largest absolute Gasteiger partial charge is 0.493 e. The highest BCUT2D eigenvalue weighted by molar-refractivity contribution is 6.31. The minimum absolute atomic E-state index is 0.0507. The summed E-state index contributed by atoms with van der Waals surface area (Å²) < 4.78 is 53.0. The number of halogens is 4. The van der Waals surface area contributed by atoms with Crippen LogP contribution in [0.1, 0.15) is 33.1 Å². The second kappa shape index (κ2) is 8.74. The third-order valence-corrected chi connectivity index (χ3v) is 5.90. The van der Waals surface area contributed by atoms with Gasteiger partial charge >= 0.3 is 0 Å². The van der Waals surface area contributed by atoms with E-state index in [2.05, 4.69) is 0 Å². The molecule has 4 nitrogen and oxygen atoms in total. The molecule has 166 valence electrons. The normalized spacial score (nSPS) is 15.3. The monoisotopic (exact) mass is 461 g/mol. The smallest absolute Gasteiger partial charge is 0.254 e. The summed E-state index contributed by atoms with van der Waals surface area (Å²) in [7, 11) is 2.99. The van der Waals surface area contributed by atoms with Crippen LogP contribution in [-0.2, 0) is 6.42 Å². The molecule has 0 saturated carbocycles. The fourth-order valence-electron chi connectivity index (χ4n) is 4.04. The second-order valence-electron chi connectivity index (χ2n) is 7.32. The molecule has 0 fully saturated rings. The molecule has 1 aliphatic rings. The Hall–Kier alpha value is -3.19. The van der Waals surface area contributed by atoms with Crippen molar-refractivity contribution in [2.24, 2.45) is 0 Å². The van der Waals surface area contributed by atoms with Gasteiger partial charge in [-0.3, -0.25) is 4.79 Å².